The lowest BCUT2D eigenvalue weighted by atomic mass is 10.00. The molecule has 0 aliphatic heterocycles. The predicted octanol–water partition coefficient (Wildman–Crippen LogP) is 4.95. The average molecular weight is 346 g/mol. The smallest absolute Gasteiger partial charge is 0.336 e. The Kier molecular flexibility index (Phi) is 3.76. The van der Waals surface area contributed by atoms with Gasteiger partial charge in [-0.05, 0) is 38.0 Å². The average Bonchev–Trinajstić information content (AvgIpc) is 3.00. The van der Waals surface area contributed by atoms with Crippen LogP contribution < -0.4 is 5.63 Å². The van der Waals surface area contributed by atoms with E-state index in [2.05, 4.69) is 0 Å². The van der Waals surface area contributed by atoms with Crippen molar-refractivity contribution in [3.63, 3.8) is 0 Å². The monoisotopic (exact) mass is 346 g/mol. The number of hydrogen-bond donors (Lipinski definition) is 0. The van der Waals surface area contributed by atoms with Gasteiger partial charge in [0.25, 0.3) is 0 Å². The van der Waals surface area contributed by atoms with Crippen LogP contribution in [0.25, 0.3) is 21.9 Å². The quantitative estimate of drug-likeness (QED) is 0.389. The van der Waals surface area contributed by atoms with Crippen molar-refractivity contribution < 1.29 is 13.6 Å². The lowest BCUT2D eigenvalue weighted by molar-refractivity contribution is 0.101. The van der Waals surface area contributed by atoms with Crippen LogP contribution in [0, 0.1) is 13.8 Å². The number of rotatable bonds is 3. The zero-order chi connectivity index (χ0) is 18.4. The van der Waals surface area contributed by atoms with Crippen LogP contribution in [-0.4, -0.2) is 5.78 Å². The highest BCUT2D eigenvalue weighted by Gasteiger charge is 2.23. The molecule has 130 valence electrons. The normalized spacial score (nSPS) is 11.3. The van der Waals surface area contributed by atoms with Gasteiger partial charge < -0.3 is 8.83 Å². The Bertz CT molecular complexity index is 1210. The predicted molar refractivity (Wildman–Crippen MR) is 101 cm³/mol. The highest BCUT2D eigenvalue weighted by molar-refractivity contribution is 6.14. The summed E-state index contributed by atoms with van der Waals surface area (Å²) in [4.78, 5) is 24.9. The Morgan fingerprint density at radius 2 is 1.73 bits per heavy atom. The third-order valence-corrected chi connectivity index (χ3v) is 4.74. The van der Waals surface area contributed by atoms with E-state index < -0.39 is 5.63 Å². The zero-order valence-electron chi connectivity index (χ0n) is 14.9. The fourth-order valence-electron chi connectivity index (χ4n) is 3.38. The van der Waals surface area contributed by atoms with Gasteiger partial charge in [0.15, 0.2) is 5.76 Å². The molecule has 0 unspecified atom stereocenters. The molecule has 0 spiro atoms. The molecule has 2 heterocycles. The van der Waals surface area contributed by atoms with Crippen molar-refractivity contribution >= 4 is 27.7 Å². The van der Waals surface area contributed by atoms with E-state index in [1.807, 2.05) is 45.0 Å². The van der Waals surface area contributed by atoms with E-state index in [1.54, 1.807) is 12.1 Å². The summed E-state index contributed by atoms with van der Waals surface area (Å²) in [5, 5.41) is 1.56. The van der Waals surface area contributed by atoms with Crippen molar-refractivity contribution in [2.45, 2.75) is 27.2 Å². The second kappa shape index (κ2) is 5.99. The largest absolute Gasteiger partial charge is 0.452 e. The summed E-state index contributed by atoms with van der Waals surface area (Å²) >= 11 is 0. The van der Waals surface area contributed by atoms with Crippen LogP contribution >= 0.6 is 0 Å². The molecule has 0 atom stereocenters. The number of hydrogen-bond acceptors (Lipinski definition) is 4. The summed E-state index contributed by atoms with van der Waals surface area (Å²) in [6.07, 6.45) is 0.594. The Balaban J connectivity index is 2.02. The van der Waals surface area contributed by atoms with Gasteiger partial charge in [0.1, 0.15) is 11.2 Å². The maximum Gasteiger partial charge on any atom is 0.336 e. The summed E-state index contributed by atoms with van der Waals surface area (Å²) in [6.45, 7) is 5.81. The zero-order valence-corrected chi connectivity index (χ0v) is 14.9. The number of carbonyl (C=O) groups is 1. The molecule has 0 aliphatic rings. The van der Waals surface area contributed by atoms with Crippen molar-refractivity contribution in [1.82, 2.24) is 0 Å². The van der Waals surface area contributed by atoms with E-state index in [9.17, 15) is 9.59 Å². The van der Waals surface area contributed by atoms with Crippen molar-refractivity contribution in [3.8, 4) is 0 Å². The summed E-state index contributed by atoms with van der Waals surface area (Å²) in [7, 11) is 0. The topological polar surface area (TPSA) is 60.4 Å². The Morgan fingerprint density at radius 3 is 2.42 bits per heavy atom. The lowest BCUT2D eigenvalue weighted by Crippen LogP contribution is -2.03. The third-order valence-electron chi connectivity index (χ3n) is 4.74. The first-order chi connectivity index (χ1) is 12.5. The number of fused-ring (bicyclic) bond motifs is 3. The summed E-state index contributed by atoms with van der Waals surface area (Å²) in [6, 6.07) is 12.6. The first kappa shape index (κ1) is 16.3. The van der Waals surface area contributed by atoms with Gasteiger partial charge in [-0.2, -0.15) is 0 Å². The molecular weight excluding hydrogens is 328 g/mol. The van der Waals surface area contributed by atoms with Gasteiger partial charge in [-0.1, -0.05) is 36.8 Å². The van der Waals surface area contributed by atoms with E-state index in [0.29, 0.717) is 34.3 Å². The van der Waals surface area contributed by atoms with Crippen LogP contribution in [0.4, 0.5) is 0 Å². The van der Waals surface area contributed by atoms with Crippen molar-refractivity contribution in [3.05, 3.63) is 80.9 Å². The molecule has 0 fully saturated rings. The van der Waals surface area contributed by atoms with Crippen molar-refractivity contribution in [1.29, 1.82) is 0 Å². The summed E-state index contributed by atoms with van der Waals surface area (Å²) < 4.78 is 11.4. The number of carbonyl (C=O) groups excluding carboxylic acids is 1. The second-order valence-electron chi connectivity index (χ2n) is 6.52. The Morgan fingerprint density at radius 1 is 1.00 bits per heavy atom. The lowest BCUT2D eigenvalue weighted by Gasteiger charge is -2.03. The SMILES string of the molecule is CCc1c(C(=O)c2ccc(C)cc2)oc2ccc3c(C)cc(=O)oc3c12. The van der Waals surface area contributed by atoms with E-state index >= 15 is 0 Å². The molecule has 4 heteroatoms. The highest BCUT2D eigenvalue weighted by atomic mass is 16.4. The van der Waals surface area contributed by atoms with E-state index in [0.717, 1.165) is 22.1 Å². The highest BCUT2D eigenvalue weighted by Crippen LogP contribution is 2.34. The van der Waals surface area contributed by atoms with Gasteiger partial charge in [0, 0.05) is 22.6 Å². The number of aryl methyl sites for hydroxylation is 3. The molecule has 0 saturated carbocycles. The molecule has 0 saturated heterocycles. The van der Waals surface area contributed by atoms with Gasteiger partial charge in [-0.3, -0.25) is 4.79 Å². The minimum Gasteiger partial charge on any atom is -0.452 e. The summed E-state index contributed by atoms with van der Waals surface area (Å²) in [5.41, 5.74) is 3.90. The maximum atomic E-state index is 13.0. The molecule has 2 aromatic carbocycles. The second-order valence-corrected chi connectivity index (χ2v) is 6.52. The molecular formula is C22H18O4. The van der Waals surface area contributed by atoms with Gasteiger partial charge in [-0.25, -0.2) is 4.79 Å². The van der Waals surface area contributed by atoms with E-state index in [1.165, 1.54) is 6.07 Å². The molecule has 4 aromatic rings. The van der Waals surface area contributed by atoms with Crippen molar-refractivity contribution in [2.75, 3.05) is 0 Å². The maximum absolute atomic E-state index is 13.0. The first-order valence-corrected chi connectivity index (χ1v) is 8.59. The first-order valence-electron chi connectivity index (χ1n) is 8.59. The Hall–Kier alpha value is -3.14. The van der Waals surface area contributed by atoms with E-state index in [4.69, 9.17) is 8.83 Å². The fourth-order valence-corrected chi connectivity index (χ4v) is 3.38. The van der Waals surface area contributed by atoms with Crippen LogP contribution in [-0.2, 0) is 6.42 Å². The standard InChI is InChI=1S/C22H18O4/c1-4-15-19-17(10-9-16-13(3)11-18(23)26-21(16)19)25-22(15)20(24)14-7-5-12(2)6-8-14/h5-11H,4H2,1-3H3. The third kappa shape index (κ3) is 2.46. The number of ketones is 1. The Labute approximate surface area is 150 Å². The van der Waals surface area contributed by atoms with Gasteiger partial charge >= 0.3 is 5.63 Å². The molecule has 4 rings (SSSR count). The minimum absolute atomic E-state index is 0.166. The molecule has 0 amide bonds. The van der Waals surface area contributed by atoms with Crippen LogP contribution in [0.5, 0.6) is 0 Å². The molecule has 26 heavy (non-hydrogen) atoms. The molecule has 4 nitrogen and oxygen atoms in total. The molecule has 0 radical (unpaired) electrons. The molecule has 2 aromatic heterocycles. The van der Waals surface area contributed by atoms with Gasteiger partial charge in [0.2, 0.25) is 5.78 Å². The van der Waals surface area contributed by atoms with Crippen LogP contribution in [0.1, 0.15) is 39.7 Å². The number of furan rings is 1. The van der Waals surface area contributed by atoms with E-state index in [-0.39, 0.29) is 5.78 Å². The van der Waals surface area contributed by atoms with Gasteiger partial charge in [-0.15, -0.1) is 0 Å². The molecule has 0 aliphatic carbocycles. The summed E-state index contributed by atoms with van der Waals surface area (Å²) in [5.74, 6) is 0.143. The number of benzene rings is 2. The van der Waals surface area contributed by atoms with Crippen LogP contribution in [0.15, 0.2) is 56.1 Å². The molecule has 0 bridgehead atoms. The van der Waals surface area contributed by atoms with Gasteiger partial charge in [0.05, 0.1) is 5.39 Å². The van der Waals surface area contributed by atoms with Crippen LogP contribution in [0.3, 0.4) is 0 Å². The van der Waals surface area contributed by atoms with Crippen molar-refractivity contribution in [2.24, 2.45) is 0 Å². The van der Waals surface area contributed by atoms with Crippen LogP contribution in [0.2, 0.25) is 0 Å². The minimum atomic E-state index is -0.405. The molecule has 0 N–H and O–H groups in total. The fraction of sp³-hybridized carbons (Fsp3) is 0.182.